The average molecular weight is 526 g/mol. The Morgan fingerprint density at radius 3 is 2.66 bits per heavy atom. The van der Waals surface area contributed by atoms with Gasteiger partial charge in [-0.15, -0.1) is 0 Å². The molecular weight excluding hydrogens is 506 g/mol. The summed E-state index contributed by atoms with van der Waals surface area (Å²) in [7, 11) is 0. The van der Waals surface area contributed by atoms with Gasteiger partial charge in [0.25, 0.3) is 5.91 Å². The third-order valence-electron chi connectivity index (χ3n) is 5.19. The zero-order chi connectivity index (χ0) is 22.7. The molecule has 0 saturated carbocycles. The zero-order valence-corrected chi connectivity index (χ0v) is 19.3. The summed E-state index contributed by atoms with van der Waals surface area (Å²) in [6.07, 6.45) is 1.67. The fourth-order valence-electron chi connectivity index (χ4n) is 3.46. The summed E-state index contributed by atoms with van der Waals surface area (Å²) in [6, 6.07) is 11.1. The van der Waals surface area contributed by atoms with E-state index < -0.39 is 11.6 Å². The van der Waals surface area contributed by atoms with Gasteiger partial charge in [-0.3, -0.25) is 9.69 Å². The van der Waals surface area contributed by atoms with Crippen LogP contribution in [0.5, 0.6) is 5.75 Å². The van der Waals surface area contributed by atoms with Crippen molar-refractivity contribution >= 4 is 33.4 Å². The van der Waals surface area contributed by atoms with Crippen molar-refractivity contribution in [2.24, 2.45) is 0 Å². The molecule has 10 heteroatoms. The SMILES string of the molecule is O=C(c1ccn(COc2ccc(Br)cc2Cl)n1)N1CCN(Cc2cccc(F)c2F)CC1. The minimum atomic E-state index is -0.849. The number of piperazine rings is 1. The third kappa shape index (κ3) is 5.28. The Hall–Kier alpha value is -2.49. The molecular formula is C22H20BrClF2N4O2. The fraction of sp³-hybridized carbons (Fsp3) is 0.273. The van der Waals surface area contributed by atoms with E-state index in [1.165, 1.54) is 10.7 Å². The molecule has 4 rings (SSSR count). The van der Waals surface area contributed by atoms with Crippen LogP contribution in [0.3, 0.4) is 0 Å². The summed E-state index contributed by atoms with van der Waals surface area (Å²) in [5.74, 6) is -1.33. The predicted molar refractivity (Wildman–Crippen MR) is 120 cm³/mol. The molecule has 0 aliphatic carbocycles. The van der Waals surface area contributed by atoms with Crippen LogP contribution in [0.4, 0.5) is 8.78 Å². The largest absolute Gasteiger partial charge is 0.470 e. The van der Waals surface area contributed by atoms with Gasteiger partial charge in [0.1, 0.15) is 5.75 Å². The van der Waals surface area contributed by atoms with E-state index >= 15 is 0 Å². The fourth-order valence-corrected chi connectivity index (χ4v) is 4.19. The van der Waals surface area contributed by atoms with Crippen molar-refractivity contribution in [3.8, 4) is 5.75 Å². The lowest BCUT2D eigenvalue weighted by atomic mass is 10.1. The van der Waals surface area contributed by atoms with Crippen LogP contribution >= 0.6 is 27.5 Å². The van der Waals surface area contributed by atoms with Crippen molar-refractivity contribution in [1.82, 2.24) is 19.6 Å². The number of nitrogens with zero attached hydrogens (tertiary/aromatic N) is 4. The average Bonchev–Trinajstić information content (AvgIpc) is 3.25. The Bertz CT molecular complexity index is 1120. The number of hydrogen-bond acceptors (Lipinski definition) is 4. The molecule has 0 N–H and O–H groups in total. The molecule has 168 valence electrons. The normalized spacial score (nSPS) is 14.6. The quantitative estimate of drug-likeness (QED) is 0.473. The molecule has 1 fully saturated rings. The van der Waals surface area contributed by atoms with E-state index in [9.17, 15) is 13.6 Å². The third-order valence-corrected chi connectivity index (χ3v) is 5.98. The molecule has 0 unspecified atom stereocenters. The highest BCUT2D eigenvalue weighted by molar-refractivity contribution is 9.10. The van der Waals surface area contributed by atoms with Gasteiger partial charge in [-0.05, 0) is 30.3 Å². The monoisotopic (exact) mass is 524 g/mol. The number of aromatic nitrogens is 2. The Morgan fingerprint density at radius 2 is 1.91 bits per heavy atom. The molecule has 3 aromatic rings. The van der Waals surface area contributed by atoms with Crippen LogP contribution in [0.15, 0.2) is 53.1 Å². The number of carbonyl (C=O) groups is 1. The van der Waals surface area contributed by atoms with Crippen LogP contribution in [-0.4, -0.2) is 51.7 Å². The lowest BCUT2D eigenvalue weighted by Gasteiger charge is -2.34. The second kappa shape index (κ2) is 9.97. The molecule has 2 aromatic carbocycles. The Labute approximate surface area is 197 Å². The molecule has 1 saturated heterocycles. The number of benzene rings is 2. The number of hydrogen-bond donors (Lipinski definition) is 0. The molecule has 0 radical (unpaired) electrons. The Kier molecular flexibility index (Phi) is 7.07. The minimum Gasteiger partial charge on any atom is -0.470 e. The van der Waals surface area contributed by atoms with E-state index in [0.29, 0.717) is 54.8 Å². The van der Waals surface area contributed by atoms with Crippen LogP contribution in [0.1, 0.15) is 16.1 Å². The second-order valence-corrected chi connectivity index (χ2v) is 8.69. The summed E-state index contributed by atoms with van der Waals surface area (Å²) >= 11 is 9.48. The second-order valence-electron chi connectivity index (χ2n) is 7.37. The van der Waals surface area contributed by atoms with E-state index in [0.717, 1.165) is 10.5 Å². The topological polar surface area (TPSA) is 50.6 Å². The standard InChI is InChI=1S/C22H20BrClF2N4O2/c23-16-4-5-20(17(24)12-16)32-14-30-7-6-19(27-30)22(31)29-10-8-28(9-11-29)13-15-2-1-3-18(25)21(15)26/h1-7,12H,8-11,13-14H2. The molecule has 0 atom stereocenters. The first-order valence-electron chi connectivity index (χ1n) is 9.96. The molecule has 0 spiro atoms. The van der Waals surface area contributed by atoms with Gasteiger partial charge in [0, 0.05) is 49.0 Å². The van der Waals surface area contributed by atoms with Crippen LogP contribution in [0.25, 0.3) is 0 Å². The first-order valence-corrected chi connectivity index (χ1v) is 11.1. The maximum Gasteiger partial charge on any atom is 0.274 e. The first kappa shape index (κ1) is 22.7. The maximum atomic E-state index is 13.9. The van der Waals surface area contributed by atoms with E-state index in [2.05, 4.69) is 21.0 Å². The van der Waals surface area contributed by atoms with Gasteiger partial charge in [0.05, 0.1) is 5.02 Å². The van der Waals surface area contributed by atoms with Gasteiger partial charge in [0.2, 0.25) is 0 Å². The molecule has 6 nitrogen and oxygen atoms in total. The van der Waals surface area contributed by atoms with Crippen LogP contribution in [-0.2, 0) is 13.3 Å². The van der Waals surface area contributed by atoms with Gasteiger partial charge >= 0.3 is 0 Å². The molecule has 0 bridgehead atoms. The van der Waals surface area contributed by atoms with Crippen molar-refractivity contribution in [3.05, 3.63) is 81.0 Å². The number of amides is 1. The smallest absolute Gasteiger partial charge is 0.274 e. The summed E-state index contributed by atoms with van der Waals surface area (Å²) in [5, 5.41) is 4.77. The van der Waals surface area contributed by atoms with Gasteiger partial charge in [-0.2, -0.15) is 5.10 Å². The molecule has 1 aliphatic rings. The highest BCUT2D eigenvalue weighted by Gasteiger charge is 2.24. The number of carbonyl (C=O) groups excluding carboxylic acids is 1. The highest BCUT2D eigenvalue weighted by atomic mass is 79.9. The van der Waals surface area contributed by atoms with E-state index in [1.807, 2.05) is 11.0 Å². The number of rotatable bonds is 6. The van der Waals surface area contributed by atoms with Gasteiger partial charge < -0.3 is 9.64 Å². The van der Waals surface area contributed by atoms with Crippen LogP contribution in [0, 0.1) is 11.6 Å². The maximum absolute atomic E-state index is 13.9. The summed E-state index contributed by atoms with van der Waals surface area (Å²) in [6.45, 7) is 2.50. The first-order chi connectivity index (χ1) is 15.4. The Balaban J connectivity index is 1.30. The van der Waals surface area contributed by atoms with Crippen molar-refractivity contribution < 1.29 is 18.3 Å². The van der Waals surface area contributed by atoms with Crippen LogP contribution < -0.4 is 4.74 Å². The van der Waals surface area contributed by atoms with Gasteiger partial charge in [-0.25, -0.2) is 13.5 Å². The molecule has 2 heterocycles. The van der Waals surface area contributed by atoms with Crippen molar-refractivity contribution in [3.63, 3.8) is 0 Å². The number of halogens is 4. The lowest BCUT2D eigenvalue weighted by molar-refractivity contribution is 0.0619. The predicted octanol–water partition coefficient (Wildman–Crippen LogP) is 4.57. The van der Waals surface area contributed by atoms with E-state index in [4.69, 9.17) is 16.3 Å². The van der Waals surface area contributed by atoms with Gasteiger partial charge in [0.15, 0.2) is 24.1 Å². The summed E-state index contributed by atoms with van der Waals surface area (Å²) < 4.78 is 35.3. The summed E-state index contributed by atoms with van der Waals surface area (Å²) in [5.41, 5.74) is 0.634. The molecule has 1 amide bonds. The van der Waals surface area contributed by atoms with E-state index in [-0.39, 0.29) is 12.6 Å². The van der Waals surface area contributed by atoms with Crippen LogP contribution in [0.2, 0.25) is 5.02 Å². The zero-order valence-electron chi connectivity index (χ0n) is 17.0. The van der Waals surface area contributed by atoms with Crippen molar-refractivity contribution in [2.75, 3.05) is 26.2 Å². The minimum absolute atomic E-state index is 0.113. The van der Waals surface area contributed by atoms with E-state index in [1.54, 1.807) is 35.4 Å². The lowest BCUT2D eigenvalue weighted by Crippen LogP contribution is -2.48. The molecule has 32 heavy (non-hydrogen) atoms. The van der Waals surface area contributed by atoms with Crippen molar-refractivity contribution in [2.45, 2.75) is 13.3 Å². The van der Waals surface area contributed by atoms with Gasteiger partial charge in [-0.1, -0.05) is 39.7 Å². The number of ether oxygens (including phenoxy) is 1. The summed E-state index contributed by atoms with van der Waals surface area (Å²) in [4.78, 5) is 16.5. The Morgan fingerprint density at radius 1 is 1.12 bits per heavy atom. The molecule has 1 aromatic heterocycles. The molecule has 1 aliphatic heterocycles. The van der Waals surface area contributed by atoms with Crippen molar-refractivity contribution in [1.29, 1.82) is 0 Å². The highest BCUT2D eigenvalue weighted by Crippen LogP contribution is 2.28.